The molecule has 2 aromatic carbocycles. The van der Waals surface area contributed by atoms with Crippen molar-refractivity contribution in [1.82, 2.24) is 25.1 Å². The van der Waals surface area contributed by atoms with E-state index in [1.807, 2.05) is 25.1 Å². The van der Waals surface area contributed by atoms with E-state index in [4.69, 9.17) is 9.47 Å². The highest BCUT2D eigenvalue weighted by molar-refractivity contribution is 5.94. The largest absolute Gasteiger partial charge is 0.490 e. The molecule has 36 heavy (non-hydrogen) atoms. The Morgan fingerprint density at radius 3 is 2.72 bits per heavy atom. The van der Waals surface area contributed by atoms with Gasteiger partial charge in [0.25, 0.3) is 11.8 Å². The predicted molar refractivity (Wildman–Crippen MR) is 133 cm³/mol. The fourth-order valence-corrected chi connectivity index (χ4v) is 3.80. The van der Waals surface area contributed by atoms with E-state index in [0.717, 1.165) is 0 Å². The molecule has 10 nitrogen and oxygen atoms in total. The van der Waals surface area contributed by atoms with Gasteiger partial charge in [0.1, 0.15) is 11.4 Å². The van der Waals surface area contributed by atoms with Crippen molar-refractivity contribution in [2.24, 2.45) is 0 Å². The number of rotatable bonds is 8. The number of amides is 2. The van der Waals surface area contributed by atoms with Gasteiger partial charge in [-0.2, -0.15) is 5.10 Å². The number of nitrogens with zero attached hydrogens (tertiary/aromatic N) is 4. The van der Waals surface area contributed by atoms with Gasteiger partial charge < -0.3 is 20.1 Å². The molecule has 182 valence electrons. The number of ether oxygens (including phenoxy) is 2. The summed E-state index contributed by atoms with van der Waals surface area (Å²) in [6, 6.07) is 18.0. The van der Waals surface area contributed by atoms with Gasteiger partial charge in [0.05, 0.1) is 18.8 Å². The second-order valence-corrected chi connectivity index (χ2v) is 7.96. The molecule has 0 radical (unpaired) electrons. The van der Waals surface area contributed by atoms with Crippen molar-refractivity contribution < 1.29 is 19.1 Å². The number of carbonyl (C=O) groups excluding carboxylic acids is 2. The van der Waals surface area contributed by atoms with Gasteiger partial charge in [-0.1, -0.05) is 18.2 Å². The summed E-state index contributed by atoms with van der Waals surface area (Å²) < 4.78 is 13.2. The highest BCUT2D eigenvalue weighted by Gasteiger charge is 2.21. The molecule has 4 aromatic rings. The van der Waals surface area contributed by atoms with Crippen LogP contribution in [0.5, 0.6) is 11.5 Å². The minimum atomic E-state index is -0.278. The SMILES string of the molecule is CCOc1cc(-c2nccc(-c3cc4n(n3)CCNC4=O)n2)ccc1OCC(=O)Nc1ccccc1. The van der Waals surface area contributed by atoms with Crippen molar-refractivity contribution in [3.8, 4) is 34.3 Å². The molecule has 0 fully saturated rings. The van der Waals surface area contributed by atoms with Crippen LogP contribution in [0.1, 0.15) is 17.4 Å². The first-order valence-corrected chi connectivity index (χ1v) is 11.5. The van der Waals surface area contributed by atoms with Crippen molar-refractivity contribution >= 4 is 17.5 Å². The number of aromatic nitrogens is 4. The Balaban J connectivity index is 1.34. The zero-order valence-electron chi connectivity index (χ0n) is 19.6. The molecule has 0 aliphatic carbocycles. The summed E-state index contributed by atoms with van der Waals surface area (Å²) in [6.45, 7) is 3.27. The van der Waals surface area contributed by atoms with Crippen LogP contribution in [0.4, 0.5) is 5.69 Å². The smallest absolute Gasteiger partial charge is 0.269 e. The third-order valence-electron chi connectivity index (χ3n) is 5.46. The zero-order chi connectivity index (χ0) is 24.9. The molecule has 0 atom stereocenters. The van der Waals surface area contributed by atoms with Gasteiger partial charge in [-0.25, -0.2) is 9.97 Å². The fraction of sp³-hybridized carbons (Fsp3) is 0.192. The first-order valence-electron chi connectivity index (χ1n) is 11.5. The maximum atomic E-state index is 12.3. The lowest BCUT2D eigenvalue weighted by Crippen LogP contribution is -2.35. The van der Waals surface area contributed by atoms with Gasteiger partial charge in [-0.15, -0.1) is 0 Å². The van der Waals surface area contributed by atoms with E-state index < -0.39 is 0 Å². The quantitative estimate of drug-likeness (QED) is 0.394. The van der Waals surface area contributed by atoms with Gasteiger partial charge in [-0.3, -0.25) is 14.3 Å². The van der Waals surface area contributed by atoms with Gasteiger partial charge in [0.2, 0.25) is 0 Å². The first-order chi connectivity index (χ1) is 17.6. The third kappa shape index (κ3) is 5.02. The van der Waals surface area contributed by atoms with Crippen molar-refractivity contribution in [1.29, 1.82) is 0 Å². The van der Waals surface area contributed by atoms with Crippen molar-refractivity contribution in [2.45, 2.75) is 13.5 Å². The minimum absolute atomic E-state index is 0.149. The summed E-state index contributed by atoms with van der Waals surface area (Å²) in [5.74, 6) is 0.958. The summed E-state index contributed by atoms with van der Waals surface area (Å²) in [4.78, 5) is 33.4. The number of benzene rings is 2. The lowest BCUT2D eigenvalue weighted by Gasteiger charge is -2.13. The Bertz CT molecular complexity index is 1400. The first kappa shape index (κ1) is 23.0. The van der Waals surface area contributed by atoms with E-state index in [9.17, 15) is 9.59 Å². The summed E-state index contributed by atoms with van der Waals surface area (Å²) in [5, 5.41) is 10.1. The fourth-order valence-electron chi connectivity index (χ4n) is 3.80. The van der Waals surface area contributed by atoms with Gasteiger partial charge in [0.15, 0.2) is 23.9 Å². The molecule has 0 saturated carbocycles. The van der Waals surface area contributed by atoms with E-state index >= 15 is 0 Å². The predicted octanol–water partition coefficient (Wildman–Crippen LogP) is 3.17. The van der Waals surface area contributed by atoms with Crippen LogP contribution in [0, 0.1) is 0 Å². The van der Waals surface area contributed by atoms with Crippen LogP contribution < -0.4 is 20.1 Å². The molecule has 0 saturated heterocycles. The summed E-state index contributed by atoms with van der Waals surface area (Å²) in [6.07, 6.45) is 1.65. The Morgan fingerprint density at radius 2 is 1.92 bits per heavy atom. The van der Waals surface area contributed by atoms with Crippen LogP contribution in [0.2, 0.25) is 0 Å². The molecule has 0 bridgehead atoms. The van der Waals surface area contributed by atoms with Crippen LogP contribution >= 0.6 is 0 Å². The summed E-state index contributed by atoms with van der Waals surface area (Å²) >= 11 is 0. The molecule has 0 spiro atoms. The van der Waals surface area contributed by atoms with Crippen LogP contribution in [-0.4, -0.2) is 51.3 Å². The molecule has 1 aliphatic rings. The average molecular weight is 485 g/mol. The molecule has 0 unspecified atom stereocenters. The number of para-hydroxylation sites is 1. The van der Waals surface area contributed by atoms with Crippen LogP contribution in [0.25, 0.3) is 22.8 Å². The number of hydrogen-bond acceptors (Lipinski definition) is 7. The lowest BCUT2D eigenvalue weighted by atomic mass is 10.1. The number of hydrogen-bond donors (Lipinski definition) is 2. The molecular weight excluding hydrogens is 460 g/mol. The van der Waals surface area contributed by atoms with Crippen LogP contribution in [-0.2, 0) is 11.3 Å². The number of nitrogens with one attached hydrogen (secondary N) is 2. The molecule has 2 N–H and O–H groups in total. The maximum Gasteiger partial charge on any atom is 0.269 e. The molecule has 3 heterocycles. The van der Waals surface area contributed by atoms with E-state index in [1.54, 1.807) is 53.3 Å². The molecule has 5 rings (SSSR count). The van der Waals surface area contributed by atoms with E-state index in [0.29, 0.717) is 65.4 Å². The Kier molecular flexibility index (Phi) is 6.57. The van der Waals surface area contributed by atoms with Crippen LogP contribution in [0.15, 0.2) is 66.9 Å². The van der Waals surface area contributed by atoms with E-state index in [-0.39, 0.29) is 18.4 Å². The Morgan fingerprint density at radius 1 is 1.06 bits per heavy atom. The minimum Gasteiger partial charge on any atom is -0.490 e. The second-order valence-electron chi connectivity index (χ2n) is 7.96. The highest BCUT2D eigenvalue weighted by atomic mass is 16.5. The molecule has 2 amide bonds. The number of anilines is 1. The zero-order valence-corrected chi connectivity index (χ0v) is 19.6. The Hall–Kier alpha value is -4.73. The standard InChI is InChI=1S/C26H24N6O4/c1-2-35-23-14-17(8-9-22(23)36-16-24(33)29-18-6-4-3-5-7-18)25-27-11-10-19(30-25)20-15-21-26(34)28-12-13-32(21)31-20/h3-11,14-15H,2,12-13,16H2,1H3,(H,28,34)(H,29,33). The monoisotopic (exact) mass is 484 g/mol. The van der Waals surface area contributed by atoms with Crippen molar-refractivity contribution in [3.05, 3.63) is 72.6 Å². The van der Waals surface area contributed by atoms with E-state index in [2.05, 4.69) is 25.7 Å². The molecule has 10 heteroatoms. The average Bonchev–Trinajstić information content (AvgIpc) is 3.35. The molecular formula is C26H24N6O4. The van der Waals surface area contributed by atoms with Crippen molar-refractivity contribution in [2.75, 3.05) is 25.1 Å². The lowest BCUT2D eigenvalue weighted by molar-refractivity contribution is -0.118. The summed E-state index contributed by atoms with van der Waals surface area (Å²) in [7, 11) is 0. The van der Waals surface area contributed by atoms with E-state index in [1.165, 1.54) is 0 Å². The normalized spacial score (nSPS) is 12.4. The topological polar surface area (TPSA) is 120 Å². The number of fused-ring (bicyclic) bond motifs is 1. The Labute approximate surface area is 207 Å². The maximum absolute atomic E-state index is 12.3. The highest BCUT2D eigenvalue weighted by Crippen LogP contribution is 2.32. The molecule has 1 aliphatic heterocycles. The van der Waals surface area contributed by atoms with Crippen molar-refractivity contribution in [3.63, 3.8) is 0 Å². The summed E-state index contributed by atoms with van der Waals surface area (Å²) in [5.41, 5.74) is 3.12. The molecule has 2 aromatic heterocycles. The number of carbonyl (C=O) groups is 2. The van der Waals surface area contributed by atoms with Gasteiger partial charge in [-0.05, 0) is 49.4 Å². The van der Waals surface area contributed by atoms with Crippen LogP contribution in [0.3, 0.4) is 0 Å². The second kappa shape index (κ2) is 10.3. The van der Waals surface area contributed by atoms with Gasteiger partial charge in [0, 0.05) is 24.0 Å². The van der Waals surface area contributed by atoms with Gasteiger partial charge >= 0.3 is 0 Å². The third-order valence-corrected chi connectivity index (χ3v) is 5.46.